The zero-order valence-electron chi connectivity index (χ0n) is 17.5. The quantitative estimate of drug-likeness (QED) is 0.684. The van der Waals surface area contributed by atoms with Gasteiger partial charge in [-0.05, 0) is 54.3 Å². The minimum absolute atomic E-state index is 0.0275. The maximum Gasteiger partial charge on any atom is 0.256 e. The smallest absolute Gasteiger partial charge is 0.256 e. The van der Waals surface area contributed by atoms with Gasteiger partial charge < -0.3 is 15.1 Å². The number of carbonyl (C=O) groups excluding carboxylic acids is 2. The average Bonchev–Trinajstić information content (AvgIpc) is 2.78. The summed E-state index contributed by atoms with van der Waals surface area (Å²) in [6.07, 6.45) is 3.26. The minimum atomic E-state index is -0.180. The maximum absolute atomic E-state index is 13.2. The number of amides is 2. The van der Waals surface area contributed by atoms with Gasteiger partial charge in [-0.1, -0.05) is 36.4 Å². The van der Waals surface area contributed by atoms with Crippen LogP contribution in [0, 0.1) is 0 Å². The monoisotopic (exact) mass is 401 g/mol. The fourth-order valence-electron chi connectivity index (χ4n) is 4.06. The Morgan fingerprint density at radius 2 is 1.60 bits per heavy atom. The lowest BCUT2D eigenvalue weighted by Gasteiger charge is -2.28. The van der Waals surface area contributed by atoms with E-state index in [1.807, 2.05) is 78.5 Å². The van der Waals surface area contributed by atoms with E-state index in [2.05, 4.69) is 5.32 Å². The van der Waals surface area contributed by atoms with Gasteiger partial charge in [0, 0.05) is 44.1 Å². The van der Waals surface area contributed by atoms with E-state index < -0.39 is 0 Å². The molecular weight excluding hydrogens is 374 g/mol. The van der Waals surface area contributed by atoms with Gasteiger partial charge in [0.2, 0.25) is 0 Å². The summed E-state index contributed by atoms with van der Waals surface area (Å²) in [5.74, 6) is -0.152. The lowest BCUT2D eigenvalue weighted by atomic mass is 10.0. The Hall–Kier alpha value is -3.34. The second-order valence-electron chi connectivity index (χ2n) is 7.96. The van der Waals surface area contributed by atoms with Gasteiger partial charge in [0.05, 0.1) is 5.56 Å². The molecule has 3 aromatic carbocycles. The van der Waals surface area contributed by atoms with Gasteiger partial charge in [0.1, 0.15) is 0 Å². The minimum Gasteiger partial charge on any atom is -0.377 e. The number of nitrogens with zero attached hydrogens (tertiary/aromatic N) is 2. The SMILES string of the molecule is CN(C)c1ccc(NC(=O)c2cccc3ccccc23)cc1C(=O)N1CCCCC1. The summed E-state index contributed by atoms with van der Waals surface area (Å²) >= 11 is 0. The second kappa shape index (κ2) is 8.57. The molecule has 1 heterocycles. The molecule has 0 radical (unpaired) electrons. The Kier molecular flexibility index (Phi) is 5.70. The molecule has 2 amide bonds. The molecule has 0 saturated carbocycles. The first-order valence-corrected chi connectivity index (χ1v) is 10.4. The lowest BCUT2D eigenvalue weighted by Crippen LogP contribution is -2.36. The number of anilines is 2. The first-order valence-electron chi connectivity index (χ1n) is 10.4. The summed E-state index contributed by atoms with van der Waals surface area (Å²) in [5, 5.41) is 4.92. The summed E-state index contributed by atoms with van der Waals surface area (Å²) in [5.41, 5.74) is 2.72. The topological polar surface area (TPSA) is 52.7 Å². The van der Waals surface area contributed by atoms with Crippen LogP contribution in [0.1, 0.15) is 40.0 Å². The molecule has 0 spiro atoms. The molecule has 0 atom stereocenters. The van der Waals surface area contributed by atoms with E-state index in [4.69, 9.17) is 0 Å². The number of piperidine rings is 1. The van der Waals surface area contributed by atoms with Gasteiger partial charge in [0.15, 0.2) is 0 Å². The predicted molar refractivity (Wildman–Crippen MR) is 122 cm³/mol. The number of carbonyl (C=O) groups is 2. The number of likely N-dealkylation sites (tertiary alicyclic amines) is 1. The Labute approximate surface area is 177 Å². The molecule has 3 aromatic rings. The van der Waals surface area contributed by atoms with Crippen molar-refractivity contribution in [3.63, 3.8) is 0 Å². The van der Waals surface area contributed by atoms with Crippen molar-refractivity contribution in [2.24, 2.45) is 0 Å². The highest BCUT2D eigenvalue weighted by Gasteiger charge is 2.22. The summed E-state index contributed by atoms with van der Waals surface area (Å²) in [6.45, 7) is 1.58. The highest BCUT2D eigenvalue weighted by molar-refractivity contribution is 6.13. The van der Waals surface area contributed by atoms with Crippen molar-refractivity contribution >= 4 is 34.0 Å². The fourth-order valence-corrected chi connectivity index (χ4v) is 4.06. The summed E-state index contributed by atoms with van der Waals surface area (Å²) in [4.78, 5) is 30.1. The molecule has 0 aliphatic carbocycles. The van der Waals surface area contributed by atoms with Gasteiger partial charge in [-0.25, -0.2) is 0 Å². The molecule has 1 fully saturated rings. The largest absolute Gasteiger partial charge is 0.377 e. The molecule has 0 aromatic heterocycles. The van der Waals surface area contributed by atoms with E-state index in [9.17, 15) is 9.59 Å². The van der Waals surface area contributed by atoms with Gasteiger partial charge in [0.25, 0.3) is 11.8 Å². The third kappa shape index (κ3) is 4.01. The van der Waals surface area contributed by atoms with E-state index in [1.54, 1.807) is 6.07 Å². The van der Waals surface area contributed by atoms with Crippen molar-refractivity contribution in [1.82, 2.24) is 4.90 Å². The maximum atomic E-state index is 13.2. The zero-order chi connectivity index (χ0) is 21.1. The van der Waals surface area contributed by atoms with Crippen molar-refractivity contribution in [2.75, 3.05) is 37.4 Å². The van der Waals surface area contributed by atoms with Crippen molar-refractivity contribution in [3.8, 4) is 0 Å². The van der Waals surface area contributed by atoms with Crippen LogP contribution in [0.15, 0.2) is 60.7 Å². The fraction of sp³-hybridized carbons (Fsp3) is 0.280. The average molecular weight is 402 g/mol. The van der Waals surface area contributed by atoms with Crippen LogP contribution in [0.3, 0.4) is 0 Å². The predicted octanol–water partition coefficient (Wildman–Crippen LogP) is 4.78. The van der Waals surface area contributed by atoms with Crippen molar-refractivity contribution in [3.05, 3.63) is 71.8 Å². The molecule has 4 rings (SSSR count). The first-order chi connectivity index (χ1) is 14.5. The number of rotatable bonds is 4. The lowest BCUT2D eigenvalue weighted by molar-refractivity contribution is 0.0724. The molecular formula is C25H27N3O2. The van der Waals surface area contributed by atoms with Crippen LogP contribution in [0.4, 0.5) is 11.4 Å². The standard InChI is InChI=1S/C25H27N3O2/c1-27(2)23-14-13-19(17-22(23)25(30)28-15-6-3-7-16-28)26-24(29)21-12-8-10-18-9-4-5-11-20(18)21/h4-5,8-14,17H,3,6-7,15-16H2,1-2H3,(H,26,29). The van der Waals surface area contributed by atoms with Crippen molar-refractivity contribution < 1.29 is 9.59 Å². The highest BCUT2D eigenvalue weighted by atomic mass is 16.2. The van der Waals surface area contributed by atoms with Crippen LogP contribution in [0.5, 0.6) is 0 Å². The third-order valence-electron chi connectivity index (χ3n) is 5.64. The van der Waals surface area contributed by atoms with E-state index >= 15 is 0 Å². The Balaban J connectivity index is 1.64. The van der Waals surface area contributed by atoms with Gasteiger partial charge in [-0.15, -0.1) is 0 Å². The van der Waals surface area contributed by atoms with E-state index in [1.165, 1.54) is 6.42 Å². The van der Waals surface area contributed by atoms with E-state index in [-0.39, 0.29) is 11.8 Å². The normalized spacial score (nSPS) is 13.9. The van der Waals surface area contributed by atoms with Crippen molar-refractivity contribution in [2.45, 2.75) is 19.3 Å². The Morgan fingerprint density at radius 1 is 0.867 bits per heavy atom. The molecule has 5 nitrogen and oxygen atoms in total. The van der Waals surface area contributed by atoms with Gasteiger partial charge >= 0.3 is 0 Å². The third-order valence-corrected chi connectivity index (χ3v) is 5.64. The van der Waals surface area contributed by atoms with E-state index in [0.29, 0.717) is 16.8 Å². The molecule has 0 bridgehead atoms. The molecule has 5 heteroatoms. The molecule has 1 aliphatic heterocycles. The Morgan fingerprint density at radius 3 is 2.37 bits per heavy atom. The van der Waals surface area contributed by atoms with Crippen LogP contribution < -0.4 is 10.2 Å². The number of benzene rings is 3. The highest BCUT2D eigenvalue weighted by Crippen LogP contribution is 2.27. The molecule has 30 heavy (non-hydrogen) atoms. The molecule has 1 N–H and O–H groups in total. The number of fused-ring (bicyclic) bond motifs is 1. The molecule has 1 aliphatic rings. The molecule has 0 unspecified atom stereocenters. The second-order valence-corrected chi connectivity index (χ2v) is 7.96. The first kappa shape index (κ1) is 20.0. The Bertz CT molecular complexity index is 1080. The van der Waals surface area contributed by atoms with Gasteiger partial charge in [-0.2, -0.15) is 0 Å². The number of nitrogens with one attached hydrogen (secondary N) is 1. The van der Waals surface area contributed by atoms with Gasteiger partial charge in [-0.3, -0.25) is 9.59 Å². The van der Waals surface area contributed by atoms with Crippen molar-refractivity contribution in [1.29, 1.82) is 0 Å². The van der Waals surface area contributed by atoms with Crippen LogP contribution >= 0.6 is 0 Å². The number of hydrogen-bond donors (Lipinski definition) is 1. The van der Waals surface area contributed by atoms with Crippen LogP contribution in [0.25, 0.3) is 10.8 Å². The summed E-state index contributed by atoms with van der Waals surface area (Å²) in [7, 11) is 3.85. The summed E-state index contributed by atoms with van der Waals surface area (Å²) in [6, 6.07) is 19.1. The molecule has 154 valence electrons. The molecule has 1 saturated heterocycles. The zero-order valence-corrected chi connectivity index (χ0v) is 17.5. The van der Waals surface area contributed by atoms with Crippen LogP contribution in [-0.2, 0) is 0 Å². The summed E-state index contributed by atoms with van der Waals surface area (Å²) < 4.78 is 0. The van der Waals surface area contributed by atoms with Crippen LogP contribution in [0.2, 0.25) is 0 Å². The van der Waals surface area contributed by atoms with E-state index in [0.717, 1.165) is 42.4 Å². The van der Waals surface area contributed by atoms with Crippen LogP contribution in [-0.4, -0.2) is 43.9 Å². The number of hydrogen-bond acceptors (Lipinski definition) is 3.